The fraction of sp³-hybridized carbons (Fsp3) is 0.250. The van der Waals surface area contributed by atoms with Crippen LogP contribution >= 0.6 is 11.8 Å². The highest BCUT2D eigenvalue weighted by Gasteiger charge is 2.07. The minimum atomic E-state index is -0.380. The predicted octanol–water partition coefficient (Wildman–Crippen LogP) is 3.40. The molecule has 2 aromatic carbocycles. The number of phenolic OH excluding ortho intramolecular Hbond substituents is 1. The van der Waals surface area contributed by atoms with Gasteiger partial charge in [-0.05, 0) is 42.7 Å². The van der Waals surface area contributed by atoms with E-state index in [0.29, 0.717) is 12.2 Å². The van der Waals surface area contributed by atoms with E-state index in [9.17, 15) is 10.2 Å². The van der Waals surface area contributed by atoms with Crippen LogP contribution in [0.15, 0.2) is 53.4 Å². The summed E-state index contributed by atoms with van der Waals surface area (Å²) in [5.74, 6) is 0.929. The lowest BCUT2D eigenvalue weighted by Crippen LogP contribution is -2.13. The zero-order valence-corrected chi connectivity index (χ0v) is 11.7. The van der Waals surface area contributed by atoms with Gasteiger partial charge in [0.15, 0.2) is 0 Å². The number of aromatic hydroxyl groups is 1. The Balaban J connectivity index is 1.86. The molecule has 0 spiro atoms. The van der Waals surface area contributed by atoms with Gasteiger partial charge in [-0.25, -0.2) is 0 Å². The molecule has 1 unspecified atom stereocenters. The van der Waals surface area contributed by atoms with Gasteiger partial charge >= 0.3 is 0 Å². The zero-order chi connectivity index (χ0) is 13.7. The average molecular weight is 274 g/mol. The summed E-state index contributed by atoms with van der Waals surface area (Å²) in [5, 5.41) is 19.2. The third-order valence-electron chi connectivity index (χ3n) is 2.93. The number of hydrogen-bond donors (Lipinski definition) is 2. The van der Waals surface area contributed by atoms with Crippen molar-refractivity contribution in [1.82, 2.24) is 0 Å². The van der Waals surface area contributed by atoms with Crippen LogP contribution in [-0.2, 0) is 6.42 Å². The molecule has 0 radical (unpaired) electrons. The molecule has 2 aromatic rings. The SMILES string of the molecule is Cc1ccccc1SCC(O)Cc1ccc(O)cc1. The van der Waals surface area contributed by atoms with Crippen LogP contribution in [0, 0.1) is 6.92 Å². The molecule has 2 nitrogen and oxygen atoms in total. The quantitative estimate of drug-likeness (QED) is 0.821. The molecule has 0 bridgehead atoms. The molecule has 0 aliphatic rings. The molecular weight excluding hydrogens is 256 g/mol. The molecule has 0 aromatic heterocycles. The molecule has 100 valence electrons. The summed E-state index contributed by atoms with van der Waals surface area (Å²) in [6, 6.07) is 15.2. The van der Waals surface area contributed by atoms with Crippen molar-refractivity contribution in [2.75, 3.05) is 5.75 Å². The van der Waals surface area contributed by atoms with Gasteiger partial charge in [-0.2, -0.15) is 0 Å². The highest BCUT2D eigenvalue weighted by atomic mass is 32.2. The Morgan fingerprint density at radius 2 is 1.74 bits per heavy atom. The minimum Gasteiger partial charge on any atom is -0.508 e. The Morgan fingerprint density at radius 3 is 2.42 bits per heavy atom. The smallest absolute Gasteiger partial charge is 0.115 e. The van der Waals surface area contributed by atoms with Crippen molar-refractivity contribution in [2.24, 2.45) is 0 Å². The van der Waals surface area contributed by atoms with Gasteiger partial charge in [0.1, 0.15) is 5.75 Å². The van der Waals surface area contributed by atoms with E-state index in [0.717, 1.165) is 5.56 Å². The number of thioether (sulfide) groups is 1. The lowest BCUT2D eigenvalue weighted by Gasteiger charge is -2.11. The lowest BCUT2D eigenvalue weighted by molar-refractivity contribution is 0.200. The van der Waals surface area contributed by atoms with E-state index >= 15 is 0 Å². The Hall–Kier alpha value is -1.45. The van der Waals surface area contributed by atoms with Gasteiger partial charge in [0.05, 0.1) is 6.10 Å². The van der Waals surface area contributed by atoms with Crippen molar-refractivity contribution in [3.8, 4) is 5.75 Å². The molecule has 3 heteroatoms. The van der Waals surface area contributed by atoms with Gasteiger partial charge in [0.25, 0.3) is 0 Å². The lowest BCUT2D eigenvalue weighted by atomic mass is 10.1. The van der Waals surface area contributed by atoms with Gasteiger partial charge in [-0.3, -0.25) is 0 Å². The van der Waals surface area contributed by atoms with Crippen molar-refractivity contribution >= 4 is 11.8 Å². The summed E-state index contributed by atoms with van der Waals surface area (Å²) in [6.07, 6.45) is 0.230. The van der Waals surface area contributed by atoms with Gasteiger partial charge in [0.2, 0.25) is 0 Å². The van der Waals surface area contributed by atoms with Crippen LogP contribution in [0.5, 0.6) is 5.75 Å². The molecule has 2 rings (SSSR count). The molecular formula is C16H18O2S. The van der Waals surface area contributed by atoms with Crippen molar-refractivity contribution in [2.45, 2.75) is 24.3 Å². The monoisotopic (exact) mass is 274 g/mol. The second kappa shape index (κ2) is 6.64. The third-order valence-corrected chi connectivity index (χ3v) is 4.25. The maximum atomic E-state index is 10.0. The van der Waals surface area contributed by atoms with Crippen LogP contribution in [0.4, 0.5) is 0 Å². The fourth-order valence-corrected chi connectivity index (χ4v) is 2.83. The van der Waals surface area contributed by atoms with E-state index in [1.807, 2.05) is 24.3 Å². The van der Waals surface area contributed by atoms with E-state index in [-0.39, 0.29) is 11.9 Å². The fourth-order valence-electron chi connectivity index (χ4n) is 1.87. The van der Waals surface area contributed by atoms with Crippen LogP contribution in [0.25, 0.3) is 0 Å². The number of hydrogen-bond acceptors (Lipinski definition) is 3. The molecule has 19 heavy (non-hydrogen) atoms. The Kier molecular flexibility index (Phi) is 4.88. The van der Waals surface area contributed by atoms with Crippen molar-refractivity contribution < 1.29 is 10.2 Å². The van der Waals surface area contributed by atoms with Crippen LogP contribution in [0.1, 0.15) is 11.1 Å². The van der Waals surface area contributed by atoms with Gasteiger partial charge in [-0.1, -0.05) is 30.3 Å². The molecule has 2 N–H and O–H groups in total. The zero-order valence-electron chi connectivity index (χ0n) is 10.9. The number of phenols is 1. The Labute approximate surface area is 118 Å². The number of aliphatic hydroxyl groups excluding tert-OH is 1. The molecule has 0 aliphatic heterocycles. The third kappa shape index (κ3) is 4.30. The first-order valence-corrected chi connectivity index (χ1v) is 7.28. The highest BCUT2D eigenvalue weighted by molar-refractivity contribution is 7.99. The summed E-state index contributed by atoms with van der Waals surface area (Å²) in [4.78, 5) is 1.22. The summed E-state index contributed by atoms with van der Waals surface area (Å²) >= 11 is 1.68. The summed E-state index contributed by atoms with van der Waals surface area (Å²) < 4.78 is 0. The predicted molar refractivity (Wildman–Crippen MR) is 79.7 cm³/mol. The van der Waals surface area contributed by atoms with E-state index in [1.54, 1.807) is 23.9 Å². The first-order valence-electron chi connectivity index (χ1n) is 6.29. The van der Waals surface area contributed by atoms with E-state index in [4.69, 9.17) is 0 Å². The van der Waals surface area contributed by atoms with E-state index < -0.39 is 0 Å². The van der Waals surface area contributed by atoms with E-state index in [2.05, 4.69) is 19.1 Å². The van der Waals surface area contributed by atoms with Crippen molar-refractivity contribution in [1.29, 1.82) is 0 Å². The number of rotatable bonds is 5. The Bertz CT molecular complexity index is 523. The van der Waals surface area contributed by atoms with Gasteiger partial charge < -0.3 is 10.2 Å². The number of aryl methyl sites for hydroxylation is 1. The van der Waals surface area contributed by atoms with E-state index in [1.165, 1.54) is 10.5 Å². The van der Waals surface area contributed by atoms with Crippen molar-refractivity contribution in [3.05, 3.63) is 59.7 Å². The maximum absolute atomic E-state index is 10.0. The van der Waals surface area contributed by atoms with Crippen LogP contribution in [0.3, 0.4) is 0 Å². The maximum Gasteiger partial charge on any atom is 0.115 e. The molecule has 0 fully saturated rings. The van der Waals surface area contributed by atoms with Crippen LogP contribution in [-0.4, -0.2) is 22.1 Å². The second-order valence-electron chi connectivity index (χ2n) is 4.60. The molecule has 0 amide bonds. The topological polar surface area (TPSA) is 40.5 Å². The second-order valence-corrected chi connectivity index (χ2v) is 5.66. The highest BCUT2D eigenvalue weighted by Crippen LogP contribution is 2.23. The molecule has 0 saturated carbocycles. The first kappa shape index (κ1) is 14.0. The van der Waals surface area contributed by atoms with Gasteiger partial charge in [0, 0.05) is 10.6 Å². The molecule has 0 saturated heterocycles. The summed E-state index contributed by atoms with van der Waals surface area (Å²) in [6.45, 7) is 2.08. The normalized spacial score (nSPS) is 12.3. The number of benzene rings is 2. The Morgan fingerprint density at radius 1 is 1.05 bits per heavy atom. The number of aliphatic hydroxyl groups is 1. The first-order chi connectivity index (χ1) is 9.15. The van der Waals surface area contributed by atoms with Crippen molar-refractivity contribution in [3.63, 3.8) is 0 Å². The van der Waals surface area contributed by atoms with Crippen LogP contribution < -0.4 is 0 Å². The summed E-state index contributed by atoms with van der Waals surface area (Å²) in [7, 11) is 0. The molecule has 0 heterocycles. The largest absolute Gasteiger partial charge is 0.508 e. The van der Waals surface area contributed by atoms with Gasteiger partial charge in [-0.15, -0.1) is 11.8 Å². The minimum absolute atomic E-state index is 0.257. The standard InChI is InChI=1S/C16H18O2S/c1-12-4-2-3-5-16(12)19-11-15(18)10-13-6-8-14(17)9-7-13/h2-9,15,17-18H,10-11H2,1H3. The molecule has 0 aliphatic carbocycles. The average Bonchev–Trinajstić information content (AvgIpc) is 2.40. The van der Waals surface area contributed by atoms with Crippen LogP contribution in [0.2, 0.25) is 0 Å². The molecule has 1 atom stereocenters. The summed E-state index contributed by atoms with van der Waals surface area (Å²) in [5.41, 5.74) is 2.28.